The Morgan fingerprint density at radius 1 is 1.03 bits per heavy atom. The zero-order valence-electron chi connectivity index (χ0n) is 18.2. The van der Waals surface area contributed by atoms with Crippen LogP contribution in [0.25, 0.3) is 0 Å². The van der Waals surface area contributed by atoms with Gasteiger partial charge in [-0.3, -0.25) is 4.79 Å². The van der Waals surface area contributed by atoms with Crippen LogP contribution < -0.4 is 4.90 Å². The van der Waals surface area contributed by atoms with Gasteiger partial charge in [0, 0.05) is 43.7 Å². The highest BCUT2D eigenvalue weighted by molar-refractivity contribution is 7.89. The van der Waals surface area contributed by atoms with Gasteiger partial charge in [-0.2, -0.15) is 0 Å². The Hall–Kier alpha value is -2.96. The van der Waals surface area contributed by atoms with E-state index in [2.05, 4.69) is 11.0 Å². The highest BCUT2D eigenvalue weighted by Crippen LogP contribution is 2.27. The van der Waals surface area contributed by atoms with E-state index in [0.717, 1.165) is 28.4 Å². The number of hydrogen-bond acceptors (Lipinski definition) is 4. The predicted octanol–water partition coefficient (Wildman–Crippen LogP) is 4.81. The number of sulfonamides is 1. The topological polar surface area (TPSA) is 57.7 Å². The van der Waals surface area contributed by atoms with Crippen LogP contribution in [0.3, 0.4) is 0 Å². The maximum Gasteiger partial charge on any atom is 0.242 e. The van der Waals surface area contributed by atoms with Gasteiger partial charge in [-0.1, -0.05) is 36.4 Å². The van der Waals surface area contributed by atoms with Gasteiger partial charge in [0.2, 0.25) is 10.0 Å². The van der Waals surface area contributed by atoms with Crippen molar-refractivity contribution < 1.29 is 13.2 Å². The van der Waals surface area contributed by atoms with Crippen molar-refractivity contribution in [3.05, 3.63) is 95.7 Å². The number of carbonyl (C=O) groups is 1. The maximum absolute atomic E-state index is 13.5. The van der Waals surface area contributed by atoms with Crippen LogP contribution >= 0.6 is 0 Å². The summed E-state index contributed by atoms with van der Waals surface area (Å²) in [5.41, 5.74) is 3.07. The van der Waals surface area contributed by atoms with Crippen molar-refractivity contribution in [1.82, 2.24) is 4.31 Å². The van der Waals surface area contributed by atoms with Gasteiger partial charge in [0.25, 0.3) is 0 Å². The van der Waals surface area contributed by atoms with Gasteiger partial charge >= 0.3 is 0 Å². The molecular formula is C25H28N2O3S. The minimum absolute atomic E-state index is 0.121. The SMILES string of the molecule is CCN(/C=C(/C(=O)c1ccc(S(=O)(=O)N(C)C)cc1)C1=CC=CCC1)c1ccccc1. The van der Waals surface area contributed by atoms with Gasteiger partial charge in [-0.25, -0.2) is 12.7 Å². The summed E-state index contributed by atoms with van der Waals surface area (Å²) in [7, 11) is -0.566. The van der Waals surface area contributed by atoms with Gasteiger partial charge < -0.3 is 4.90 Å². The average Bonchev–Trinajstić information content (AvgIpc) is 2.80. The molecule has 5 nitrogen and oxygen atoms in total. The number of ketones is 1. The molecular weight excluding hydrogens is 408 g/mol. The van der Waals surface area contributed by atoms with Crippen LogP contribution in [0, 0.1) is 0 Å². The van der Waals surface area contributed by atoms with E-state index in [1.165, 1.54) is 26.2 Å². The predicted molar refractivity (Wildman–Crippen MR) is 126 cm³/mol. The number of nitrogens with zero attached hydrogens (tertiary/aromatic N) is 2. The fourth-order valence-corrected chi connectivity index (χ4v) is 4.28. The highest BCUT2D eigenvalue weighted by Gasteiger charge is 2.21. The van der Waals surface area contributed by atoms with Crippen LogP contribution in [0.15, 0.2) is 95.1 Å². The zero-order valence-corrected chi connectivity index (χ0v) is 19.0. The fraction of sp³-hybridized carbons (Fsp3) is 0.240. The second kappa shape index (κ2) is 9.90. The van der Waals surface area contributed by atoms with E-state index in [1.807, 2.05) is 55.6 Å². The molecule has 162 valence electrons. The Balaban J connectivity index is 2.01. The van der Waals surface area contributed by atoms with E-state index in [9.17, 15) is 13.2 Å². The quantitative estimate of drug-likeness (QED) is 0.440. The third-order valence-electron chi connectivity index (χ3n) is 5.21. The van der Waals surface area contributed by atoms with Gasteiger partial charge in [-0.05, 0) is 61.7 Å². The van der Waals surface area contributed by atoms with Crippen molar-refractivity contribution in [2.24, 2.45) is 0 Å². The molecule has 0 saturated carbocycles. The Bertz CT molecular complexity index is 1110. The molecule has 0 bridgehead atoms. The maximum atomic E-state index is 13.5. The lowest BCUT2D eigenvalue weighted by Gasteiger charge is -2.22. The summed E-state index contributed by atoms with van der Waals surface area (Å²) in [6, 6.07) is 16.1. The number of carbonyl (C=O) groups excluding carboxylic acids is 1. The van der Waals surface area contributed by atoms with Crippen molar-refractivity contribution in [2.45, 2.75) is 24.7 Å². The van der Waals surface area contributed by atoms with Gasteiger partial charge in [0.1, 0.15) is 0 Å². The minimum atomic E-state index is -3.54. The zero-order chi connectivity index (χ0) is 22.4. The van der Waals surface area contributed by atoms with Crippen LogP contribution in [0.1, 0.15) is 30.1 Å². The summed E-state index contributed by atoms with van der Waals surface area (Å²) in [5.74, 6) is -0.121. The first-order chi connectivity index (χ1) is 14.8. The van der Waals surface area contributed by atoms with Gasteiger partial charge in [0.15, 0.2) is 5.78 Å². The molecule has 0 spiro atoms. The molecule has 0 aromatic heterocycles. The number of rotatable bonds is 8. The number of benzene rings is 2. The van der Waals surface area contributed by atoms with E-state index >= 15 is 0 Å². The molecule has 2 aromatic rings. The second-order valence-corrected chi connectivity index (χ2v) is 9.62. The molecule has 6 heteroatoms. The third kappa shape index (κ3) is 5.21. The molecule has 0 atom stereocenters. The first-order valence-corrected chi connectivity index (χ1v) is 11.8. The smallest absolute Gasteiger partial charge is 0.242 e. The summed E-state index contributed by atoms with van der Waals surface area (Å²) in [6.07, 6.45) is 9.62. The molecule has 0 saturated heterocycles. The van der Waals surface area contributed by atoms with Gasteiger partial charge in [-0.15, -0.1) is 0 Å². The van der Waals surface area contributed by atoms with Crippen molar-refractivity contribution >= 4 is 21.5 Å². The van der Waals surface area contributed by atoms with Crippen LogP contribution in [-0.2, 0) is 10.0 Å². The monoisotopic (exact) mass is 436 g/mol. The molecule has 0 aliphatic heterocycles. The molecule has 0 radical (unpaired) electrons. The Kier molecular flexibility index (Phi) is 7.25. The Morgan fingerprint density at radius 3 is 2.26 bits per heavy atom. The number of allylic oxidation sites excluding steroid dienone is 5. The van der Waals surface area contributed by atoms with Crippen molar-refractivity contribution in [2.75, 3.05) is 25.5 Å². The van der Waals surface area contributed by atoms with E-state index in [4.69, 9.17) is 0 Å². The first kappa shape index (κ1) is 22.7. The average molecular weight is 437 g/mol. The van der Waals surface area contributed by atoms with E-state index in [-0.39, 0.29) is 10.7 Å². The van der Waals surface area contributed by atoms with E-state index in [0.29, 0.717) is 17.7 Å². The van der Waals surface area contributed by atoms with Crippen LogP contribution in [0.4, 0.5) is 5.69 Å². The summed E-state index contributed by atoms with van der Waals surface area (Å²) in [6.45, 7) is 2.76. The number of anilines is 1. The molecule has 3 rings (SSSR count). The standard InChI is InChI=1S/C25H28N2O3S/c1-4-27(22-13-9-6-10-14-22)19-24(20-11-7-5-8-12-20)25(28)21-15-17-23(18-16-21)31(29,30)26(2)3/h5-7,9-11,13-19H,4,8,12H2,1-3H3/b24-19+. The lowest BCUT2D eigenvalue weighted by Crippen LogP contribution is -2.22. The molecule has 1 aliphatic rings. The molecule has 0 N–H and O–H groups in total. The molecule has 1 aliphatic carbocycles. The Morgan fingerprint density at radius 2 is 1.71 bits per heavy atom. The van der Waals surface area contributed by atoms with Crippen LogP contribution in [0.2, 0.25) is 0 Å². The largest absolute Gasteiger partial charge is 0.348 e. The minimum Gasteiger partial charge on any atom is -0.348 e. The van der Waals surface area contributed by atoms with Gasteiger partial charge in [0.05, 0.1) is 4.90 Å². The Labute approximate surface area is 185 Å². The molecule has 2 aromatic carbocycles. The summed E-state index contributed by atoms with van der Waals surface area (Å²) < 4.78 is 25.8. The van der Waals surface area contributed by atoms with Crippen LogP contribution in [0.5, 0.6) is 0 Å². The normalized spacial score (nSPS) is 14.5. The molecule has 0 fully saturated rings. The first-order valence-electron chi connectivity index (χ1n) is 10.3. The molecule has 0 amide bonds. The summed E-state index contributed by atoms with van der Waals surface area (Å²) >= 11 is 0. The molecule has 0 heterocycles. The third-order valence-corrected chi connectivity index (χ3v) is 7.04. The van der Waals surface area contributed by atoms with E-state index < -0.39 is 10.0 Å². The van der Waals surface area contributed by atoms with Crippen molar-refractivity contribution in [1.29, 1.82) is 0 Å². The molecule has 0 unspecified atom stereocenters. The number of Topliss-reactive ketones (excluding diaryl/α,β-unsaturated/α-hetero) is 1. The number of para-hydroxylation sites is 1. The van der Waals surface area contributed by atoms with Crippen molar-refractivity contribution in [3.63, 3.8) is 0 Å². The van der Waals surface area contributed by atoms with Crippen molar-refractivity contribution in [3.8, 4) is 0 Å². The van der Waals surface area contributed by atoms with E-state index in [1.54, 1.807) is 12.1 Å². The highest BCUT2D eigenvalue weighted by atomic mass is 32.2. The lowest BCUT2D eigenvalue weighted by atomic mass is 9.92. The van der Waals surface area contributed by atoms with Crippen LogP contribution in [-0.4, -0.2) is 39.1 Å². The summed E-state index contributed by atoms with van der Waals surface area (Å²) in [4.78, 5) is 15.7. The molecule has 31 heavy (non-hydrogen) atoms. The fourth-order valence-electron chi connectivity index (χ4n) is 3.38. The number of hydrogen-bond donors (Lipinski definition) is 0. The lowest BCUT2D eigenvalue weighted by molar-refractivity contribution is 0.103. The second-order valence-electron chi connectivity index (χ2n) is 7.46. The summed E-state index contributed by atoms with van der Waals surface area (Å²) in [5, 5.41) is 0.